The van der Waals surface area contributed by atoms with Gasteiger partial charge in [0.1, 0.15) is 6.61 Å². The van der Waals surface area contributed by atoms with E-state index in [9.17, 15) is 37.3 Å². The Morgan fingerprint density at radius 1 is 1.00 bits per heavy atom. The molecule has 190 valence electrons. The Kier molecular flexibility index (Phi) is 6.59. The van der Waals surface area contributed by atoms with E-state index in [1.807, 2.05) is 0 Å². The van der Waals surface area contributed by atoms with Crippen LogP contribution in [0.3, 0.4) is 0 Å². The fraction of sp³-hybridized carbons (Fsp3) is 0.952. The summed E-state index contributed by atoms with van der Waals surface area (Å²) in [5, 5.41) is 27.1. The second kappa shape index (κ2) is 8.63. The third-order valence-electron chi connectivity index (χ3n) is 8.41. The molecule has 6 atom stereocenters. The van der Waals surface area contributed by atoms with Gasteiger partial charge in [-0.05, 0) is 62.2 Å². The third kappa shape index (κ3) is 4.42. The number of carbonyl (C=O) groups is 1. The van der Waals surface area contributed by atoms with Crippen LogP contribution in [0.25, 0.3) is 0 Å². The third-order valence-corrected chi connectivity index (χ3v) is 9.30. The first-order chi connectivity index (χ1) is 15.3. The summed E-state index contributed by atoms with van der Waals surface area (Å²) in [7, 11) is -5.98. The molecule has 0 aromatic rings. The average molecular weight is 499 g/mol. The van der Waals surface area contributed by atoms with Crippen molar-refractivity contribution in [3.05, 3.63) is 0 Å². The monoisotopic (exact) mass is 498 g/mol. The van der Waals surface area contributed by atoms with Gasteiger partial charge in [-0.2, -0.15) is 17.2 Å². The zero-order valence-electron chi connectivity index (χ0n) is 18.2. The molecule has 4 N–H and O–H groups in total. The Balaban J connectivity index is 1.42. The summed E-state index contributed by atoms with van der Waals surface area (Å²) in [4.78, 5) is 11.9. The van der Waals surface area contributed by atoms with Crippen LogP contribution in [-0.2, 0) is 24.4 Å². The predicted octanol–water partition coefficient (Wildman–Crippen LogP) is 1.60. The molecule has 2 bridgehead atoms. The van der Waals surface area contributed by atoms with Gasteiger partial charge in [0, 0.05) is 0 Å². The summed E-state index contributed by atoms with van der Waals surface area (Å²) in [6.07, 6.45) is 3.78. The van der Waals surface area contributed by atoms with Crippen LogP contribution in [0.2, 0.25) is 0 Å². The number of halogens is 2. The molecule has 4 aliphatic rings. The van der Waals surface area contributed by atoms with Crippen molar-refractivity contribution in [2.75, 3.05) is 6.61 Å². The molecule has 0 spiro atoms. The lowest BCUT2D eigenvalue weighted by Crippen LogP contribution is -2.54. The highest BCUT2D eigenvalue weighted by Crippen LogP contribution is 2.64. The van der Waals surface area contributed by atoms with Crippen LogP contribution in [0.1, 0.15) is 64.2 Å². The normalized spacial score (nSPS) is 36.2. The van der Waals surface area contributed by atoms with E-state index in [1.165, 1.54) is 0 Å². The zero-order chi connectivity index (χ0) is 24.2. The molecule has 0 aliphatic heterocycles. The standard InChI is InChI=1S/C21H32F2O9S/c22-21(23,33(28,29)30)18(25)32-15(24)11-31-14-10-12-9-13(14)17(20(27)7-3-4-8-20)16(12)19(26)5-1-2-6-19/h12-14,16-18,25-27H,1-11H2,(H,28,29,30). The van der Waals surface area contributed by atoms with Gasteiger partial charge in [-0.15, -0.1) is 0 Å². The first-order valence-corrected chi connectivity index (χ1v) is 13.0. The van der Waals surface area contributed by atoms with Crippen LogP contribution in [0.5, 0.6) is 0 Å². The number of hydrogen-bond acceptors (Lipinski definition) is 8. The maximum atomic E-state index is 13.4. The van der Waals surface area contributed by atoms with E-state index in [-0.39, 0.29) is 23.7 Å². The van der Waals surface area contributed by atoms with E-state index in [2.05, 4.69) is 4.74 Å². The molecule has 4 saturated carbocycles. The van der Waals surface area contributed by atoms with Gasteiger partial charge in [-0.25, -0.2) is 4.79 Å². The number of rotatable bonds is 8. The number of esters is 1. The van der Waals surface area contributed by atoms with Crippen molar-refractivity contribution in [2.24, 2.45) is 23.7 Å². The molecule has 33 heavy (non-hydrogen) atoms. The molecule has 6 unspecified atom stereocenters. The van der Waals surface area contributed by atoms with Gasteiger partial charge in [-0.1, -0.05) is 25.7 Å². The Bertz CT molecular complexity index is 852. The van der Waals surface area contributed by atoms with Gasteiger partial charge >= 0.3 is 21.3 Å². The van der Waals surface area contributed by atoms with Gasteiger partial charge in [0.2, 0.25) is 0 Å². The van der Waals surface area contributed by atoms with Crippen LogP contribution in [-0.4, -0.2) is 69.7 Å². The molecule has 4 rings (SSSR count). The van der Waals surface area contributed by atoms with E-state index in [0.29, 0.717) is 32.1 Å². The van der Waals surface area contributed by atoms with Crippen LogP contribution in [0, 0.1) is 23.7 Å². The summed E-state index contributed by atoms with van der Waals surface area (Å²) in [5.74, 6) is -1.68. The molecule has 0 radical (unpaired) electrons. The van der Waals surface area contributed by atoms with Gasteiger partial charge < -0.3 is 24.8 Å². The SMILES string of the molecule is O=C(COC1CC2CC1C(C1(O)CCCC1)C2C1(O)CCCC1)OC(O)C(F)(F)S(=O)(=O)O. The Morgan fingerprint density at radius 3 is 2.03 bits per heavy atom. The van der Waals surface area contributed by atoms with E-state index >= 15 is 0 Å². The minimum atomic E-state index is -5.98. The summed E-state index contributed by atoms with van der Waals surface area (Å²) in [6, 6.07) is 0. The number of ether oxygens (including phenoxy) is 2. The fourth-order valence-electron chi connectivity index (χ4n) is 7.17. The second-order valence-electron chi connectivity index (χ2n) is 10.3. The highest BCUT2D eigenvalue weighted by atomic mass is 32.2. The predicted molar refractivity (Wildman–Crippen MR) is 108 cm³/mol. The quantitative estimate of drug-likeness (QED) is 0.222. The molecular weight excluding hydrogens is 466 g/mol. The molecule has 0 saturated heterocycles. The zero-order valence-corrected chi connectivity index (χ0v) is 19.1. The van der Waals surface area contributed by atoms with Gasteiger partial charge in [0.25, 0.3) is 6.29 Å². The summed E-state index contributed by atoms with van der Waals surface area (Å²) >= 11 is 0. The highest BCUT2D eigenvalue weighted by molar-refractivity contribution is 7.86. The van der Waals surface area contributed by atoms with Gasteiger partial charge in [0.15, 0.2) is 0 Å². The number of hydrogen-bond donors (Lipinski definition) is 4. The van der Waals surface area contributed by atoms with Crippen molar-refractivity contribution < 1.29 is 51.3 Å². The Morgan fingerprint density at radius 2 is 1.52 bits per heavy atom. The molecule has 0 amide bonds. The smallest absolute Gasteiger partial charge is 0.426 e. The Hall–Kier alpha value is -0.920. The molecule has 9 nitrogen and oxygen atoms in total. The maximum absolute atomic E-state index is 13.4. The van der Waals surface area contributed by atoms with Crippen molar-refractivity contribution >= 4 is 16.1 Å². The molecule has 4 aliphatic carbocycles. The first kappa shape index (κ1) is 25.2. The largest absolute Gasteiger partial charge is 0.430 e. The van der Waals surface area contributed by atoms with Crippen LogP contribution in [0.15, 0.2) is 0 Å². The fourth-order valence-corrected chi connectivity index (χ4v) is 7.47. The second-order valence-corrected chi connectivity index (χ2v) is 11.8. The van der Waals surface area contributed by atoms with Gasteiger partial charge in [-0.3, -0.25) is 4.55 Å². The van der Waals surface area contributed by atoms with E-state index in [0.717, 1.165) is 32.1 Å². The lowest BCUT2D eigenvalue weighted by atomic mass is 9.62. The van der Waals surface area contributed by atoms with E-state index < -0.39 is 51.5 Å². The molecular formula is C21H32F2O9S. The Labute approximate surface area is 191 Å². The van der Waals surface area contributed by atoms with Crippen LogP contribution < -0.4 is 0 Å². The number of aliphatic hydroxyl groups excluding tert-OH is 1. The molecule has 0 aromatic carbocycles. The maximum Gasteiger partial charge on any atom is 0.430 e. The van der Waals surface area contributed by atoms with Gasteiger partial charge in [0.05, 0.1) is 17.3 Å². The molecule has 4 fully saturated rings. The van der Waals surface area contributed by atoms with Crippen molar-refractivity contribution in [2.45, 2.75) is 93.1 Å². The van der Waals surface area contributed by atoms with E-state index in [1.54, 1.807) is 0 Å². The summed E-state index contributed by atoms with van der Waals surface area (Å²) < 4.78 is 66.3. The minimum Gasteiger partial charge on any atom is -0.426 e. The number of fused-ring (bicyclic) bond motifs is 2. The van der Waals surface area contributed by atoms with Crippen molar-refractivity contribution in [1.29, 1.82) is 0 Å². The van der Waals surface area contributed by atoms with Crippen molar-refractivity contribution in [3.8, 4) is 0 Å². The van der Waals surface area contributed by atoms with E-state index in [4.69, 9.17) is 9.29 Å². The molecule has 0 aromatic heterocycles. The van der Waals surface area contributed by atoms with Crippen molar-refractivity contribution in [1.82, 2.24) is 0 Å². The lowest BCUT2D eigenvalue weighted by molar-refractivity contribution is -0.211. The molecule has 0 heterocycles. The number of aliphatic hydroxyl groups is 3. The summed E-state index contributed by atoms with van der Waals surface area (Å²) in [6.45, 7) is -0.799. The number of alkyl halides is 2. The molecule has 12 heteroatoms. The summed E-state index contributed by atoms with van der Waals surface area (Å²) in [5.41, 5.74) is -1.74. The van der Waals surface area contributed by atoms with Crippen LogP contribution in [0.4, 0.5) is 8.78 Å². The van der Waals surface area contributed by atoms with Crippen molar-refractivity contribution in [3.63, 3.8) is 0 Å². The lowest BCUT2D eigenvalue weighted by Gasteiger charge is -2.48. The highest BCUT2D eigenvalue weighted by Gasteiger charge is 2.65. The van der Waals surface area contributed by atoms with Crippen LogP contribution >= 0.6 is 0 Å². The topological polar surface area (TPSA) is 151 Å². The first-order valence-electron chi connectivity index (χ1n) is 11.6. The minimum absolute atomic E-state index is 0.0600. The average Bonchev–Trinajstić information content (AvgIpc) is 3.49. The number of carbonyl (C=O) groups excluding carboxylic acids is 1.